The van der Waals surface area contributed by atoms with Crippen LogP contribution in [0.4, 0.5) is 5.69 Å². The van der Waals surface area contributed by atoms with Crippen molar-refractivity contribution < 1.29 is 14.8 Å². The zero-order chi connectivity index (χ0) is 25.8. The summed E-state index contributed by atoms with van der Waals surface area (Å²) in [6.07, 6.45) is -0.928. The molecular weight excluding hydrogens is 490 g/mol. The Morgan fingerprint density at radius 2 is 1.70 bits per heavy atom. The molecule has 0 saturated heterocycles. The molecule has 5 rings (SSSR count). The Labute approximate surface area is 219 Å². The predicted octanol–water partition coefficient (Wildman–Crippen LogP) is 6.50. The SMILES string of the molecule is O=[N+]([O-])c1cc([C@@H](O)CN(CCOc2ccc3c(c2)[nH]c2ccccc23)Cc2ccccc2)ccc1Cl. The van der Waals surface area contributed by atoms with Crippen LogP contribution in [0.2, 0.25) is 5.02 Å². The van der Waals surface area contributed by atoms with Gasteiger partial charge in [0.15, 0.2) is 0 Å². The molecule has 8 heteroatoms. The Morgan fingerprint density at radius 1 is 0.946 bits per heavy atom. The second-order valence-electron chi connectivity index (χ2n) is 8.93. The maximum absolute atomic E-state index is 11.3. The van der Waals surface area contributed by atoms with Crippen molar-refractivity contribution in [2.75, 3.05) is 19.7 Å². The summed E-state index contributed by atoms with van der Waals surface area (Å²) in [7, 11) is 0. The molecule has 0 spiro atoms. The lowest BCUT2D eigenvalue weighted by Gasteiger charge is -2.25. The Bertz CT molecular complexity index is 1540. The lowest BCUT2D eigenvalue weighted by molar-refractivity contribution is -0.384. The van der Waals surface area contributed by atoms with Gasteiger partial charge in [-0.05, 0) is 35.4 Å². The van der Waals surface area contributed by atoms with Gasteiger partial charge in [-0.1, -0.05) is 66.2 Å². The van der Waals surface area contributed by atoms with E-state index in [1.165, 1.54) is 17.5 Å². The van der Waals surface area contributed by atoms with Crippen LogP contribution < -0.4 is 4.74 Å². The molecule has 4 aromatic carbocycles. The first-order valence-electron chi connectivity index (χ1n) is 12.0. The van der Waals surface area contributed by atoms with Gasteiger partial charge < -0.3 is 14.8 Å². The van der Waals surface area contributed by atoms with Gasteiger partial charge in [0, 0.05) is 48.1 Å². The molecule has 0 aliphatic heterocycles. The second-order valence-corrected chi connectivity index (χ2v) is 9.34. The maximum atomic E-state index is 11.3. The third-order valence-electron chi connectivity index (χ3n) is 6.39. The van der Waals surface area contributed by atoms with E-state index in [2.05, 4.69) is 28.1 Å². The molecule has 1 aromatic heterocycles. The molecule has 188 valence electrons. The average Bonchev–Trinajstić information content (AvgIpc) is 3.27. The highest BCUT2D eigenvalue weighted by atomic mass is 35.5. The quantitative estimate of drug-likeness (QED) is 0.164. The zero-order valence-electron chi connectivity index (χ0n) is 20.0. The predicted molar refractivity (Wildman–Crippen MR) is 146 cm³/mol. The molecule has 0 amide bonds. The molecule has 37 heavy (non-hydrogen) atoms. The topological polar surface area (TPSA) is 91.6 Å². The summed E-state index contributed by atoms with van der Waals surface area (Å²) in [4.78, 5) is 16.2. The number of nitro groups is 1. The largest absolute Gasteiger partial charge is 0.492 e. The van der Waals surface area contributed by atoms with E-state index in [9.17, 15) is 15.2 Å². The number of benzene rings is 4. The highest BCUT2D eigenvalue weighted by molar-refractivity contribution is 6.32. The Morgan fingerprint density at radius 3 is 2.51 bits per heavy atom. The van der Waals surface area contributed by atoms with E-state index in [-0.39, 0.29) is 17.3 Å². The molecule has 0 fully saturated rings. The average molecular weight is 516 g/mol. The second kappa shape index (κ2) is 11.0. The molecule has 0 aliphatic rings. The fourth-order valence-corrected chi connectivity index (χ4v) is 4.71. The van der Waals surface area contributed by atoms with Gasteiger partial charge in [0.1, 0.15) is 17.4 Å². The van der Waals surface area contributed by atoms with Crippen LogP contribution in [-0.4, -0.2) is 39.6 Å². The van der Waals surface area contributed by atoms with E-state index >= 15 is 0 Å². The normalized spacial score (nSPS) is 12.3. The van der Waals surface area contributed by atoms with Crippen LogP contribution in [0.3, 0.4) is 0 Å². The molecule has 1 heterocycles. The standard InChI is InChI=1S/C29H26ClN3O4/c30-25-13-10-21(16-28(25)33(35)36)29(34)19-32(18-20-6-2-1-3-7-20)14-15-37-22-11-12-24-23-8-4-5-9-26(23)31-27(24)17-22/h1-13,16-17,29,31,34H,14-15,18-19H2/t29-/m0/s1. The summed E-state index contributed by atoms with van der Waals surface area (Å²) in [6, 6.07) is 28.5. The van der Waals surface area contributed by atoms with Crippen LogP contribution >= 0.6 is 11.6 Å². The number of halogens is 1. The first kappa shape index (κ1) is 24.8. The Balaban J connectivity index is 1.29. The number of aliphatic hydroxyl groups is 1. The number of nitrogens with zero attached hydrogens (tertiary/aromatic N) is 2. The first-order valence-corrected chi connectivity index (χ1v) is 12.4. The fourth-order valence-electron chi connectivity index (χ4n) is 4.52. The Kier molecular flexibility index (Phi) is 7.37. The number of nitrogens with one attached hydrogen (secondary N) is 1. The monoisotopic (exact) mass is 515 g/mol. The van der Waals surface area contributed by atoms with Gasteiger partial charge in [-0.25, -0.2) is 0 Å². The lowest BCUT2D eigenvalue weighted by Crippen LogP contribution is -2.32. The van der Waals surface area contributed by atoms with E-state index in [1.807, 2.05) is 54.6 Å². The third-order valence-corrected chi connectivity index (χ3v) is 6.71. The van der Waals surface area contributed by atoms with E-state index in [0.29, 0.717) is 25.3 Å². The molecular formula is C29H26ClN3O4. The summed E-state index contributed by atoms with van der Waals surface area (Å²) in [5.74, 6) is 0.757. The number of nitro benzene ring substituents is 1. The minimum atomic E-state index is -0.928. The number of aliphatic hydroxyl groups excluding tert-OH is 1. The van der Waals surface area contributed by atoms with Crippen molar-refractivity contribution in [2.45, 2.75) is 12.6 Å². The van der Waals surface area contributed by atoms with Gasteiger partial charge in [-0.3, -0.25) is 15.0 Å². The minimum Gasteiger partial charge on any atom is -0.492 e. The number of H-pyrrole nitrogens is 1. The van der Waals surface area contributed by atoms with Crippen molar-refractivity contribution in [2.24, 2.45) is 0 Å². The van der Waals surface area contributed by atoms with Gasteiger partial charge >= 0.3 is 0 Å². The number of fused-ring (bicyclic) bond motifs is 3. The molecule has 0 unspecified atom stereocenters. The summed E-state index contributed by atoms with van der Waals surface area (Å²) in [6.45, 7) is 1.83. The number of ether oxygens (including phenoxy) is 1. The number of hydrogen-bond donors (Lipinski definition) is 2. The molecule has 0 aliphatic carbocycles. The van der Waals surface area contributed by atoms with Crippen molar-refractivity contribution in [1.82, 2.24) is 9.88 Å². The van der Waals surface area contributed by atoms with E-state index < -0.39 is 11.0 Å². The number of rotatable bonds is 10. The van der Waals surface area contributed by atoms with Crippen molar-refractivity contribution in [3.63, 3.8) is 0 Å². The number of para-hydroxylation sites is 1. The molecule has 0 radical (unpaired) electrons. The summed E-state index contributed by atoms with van der Waals surface area (Å²) in [5.41, 5.74) is 3.42. The molecule has 0 bridgehead atoms. The number of aromatic amines is 1. The van der Waals surface area contributed by atoms with Gasteiger partial charge in [-0.15, -0.1) is 0 Å². The molecule has 0 saturated carbocycles. The highest BCUT2D eigenvalue weighted by Gasteiger charge is 2.19. The highest BCUT2D eigenvalue weighted by Crippen LogP contribution is 2.29. The maximum Gasteiger partial charge on any atom is 0.288 e. The van der Waals surface area contributed by atoms with E-state index in [0.717, 1.165) is 27.7 Å². The number of hydrogen-bond acceptors (Lipinski definition) is 5. The smallest absolute Gasteiger partial charge is 0.288 e. The van der Waals surface area contributed by atoms with Crippen molar-refractivity contribution in [3.05, 3.63) is 117 Å². The van der Waals surface area contributed by atoms with Crippen LogP contribution in [0.5, 0.6) is 5.75 Å². The van der Waals surface area contributed by atoms with Gasteiger partial charge in [-0.2, -0.15) is 0 Å². The van der Waals surface area contributed by atoms with Crippen LogP contribution in [0, 0.1) is 10.1 Å². The zero-order valence-corrected chi connectivity index (χ0v) is 20.8. The van der Waals surface area contributed by atoms with Crippen LogP contribution in [0.25, 0.3) is 21.8 Å². The summed E-state index contributed by atoms with van der Waals surface area (Å²) >= 11 is 5.94. The molecule has 2 N–H and O–H groups in total. The number of aromatic nitrogens is 1. The van der Waals surface area contributed by atoms with Crippen LogP contribution in [0.1, 0.15) is 17.2 Å². The Hall–Kier alpha value is -3.91. The first-order chi connectivity index (χ1) is 18.0. The molecule has 5 aromatic rings. The minimum absolute atomic E-state index is 0.0439. The van der Waals surface area contributed by atoms with Gasteiger partial charge in [0.25, 0.3) is 5.69 Å². The lowest BCUT2D eigenvalue weighted by atomic mass is 10.1. The van der Waals surface area contributed by atoms with Crippen molar-refractivity contribution in [3.8, 4) is 5.75 Å². The molecule has 1 atom stereocenters. The van der Waals surface area contributed by atoms with Crippen molar-refractivity contribution >= 4 is 39.1 Å². The van der Waals surface area contributed by atoms with Crippen LogP contribution in [-0.2, 0) is 6.54 Å². The van der Waals surface area contributed by atoms with Gasteiger partial charge in [0.2, 0.25) is 0 Å². The van der Waals surface area contributed by atoms with E-state index in [4.69, 9.17) is 16.3 Å². The fraction of sp³-hybridized carbons (Fsp3) is 0.172. The summed E-state index contributed by atoms with van der Waals surface area (Å²) < 4.78 is 6.08. The van der Waals surface area contributed by atoms with Crippen LogP contribution in [0.15, 0.2) is 91.0 Å². The van der Waals surface area contributed by atoms with E-state index in [1.54, 1.807) is 6.07 Å². The van der Waals surface area contributed by atoms with Gasteiger partial charge in [0.05, 0.1) is 16.5 Å². The summed E-state index contributed by atoms with van der Waals surface area (Å²) in [5, 5.41) is 24.6. The molecule has 7 nitrogen and oxygen atoms in total. The third kappa shape index (κ3) is 5.75. The van der Waals surface area contributed by atoms with Crippen molar-refractivity contribution in [1.29, 1.82) is 0 Å².